The lowest BCUT2D eigenvalue weighted by molar-refractivity contribution is -0.117. The number of nitrogens with zero attached hydrogens (tertiary/aromatic N) is 2. The number of benzene rings is 1. The predicted octanol–water partition coefficient (Wildman–Crippen LogP) is 3.71. The molecule has 2 aliphatic heterocycles. The van der Waals surface area contributed by atoms with E-state index in [-0.39, 0.29) is 23.4 Å². The number of hydrogen-bond acceptors (Lipinski definition) is 6. The molecule has 0 spiro atoms. The van der Waals surface area contributed by atoms with Crippen LogP contribution in [-0.2, 0) is 14.8 Å². The largest absolute Gasteiger partial charge is 0.492 e. The van der Waals surface area contributed by atoms with E-state index in [2.05, 4.69) is 21.7 Å². The fourth-order valence-electron chi connectivity index (χ4n) is 4.33. The standard InChI is InChI=1S/C22H29N3O4S2/c1-2-29-19-10-9-17(15-21(19)31(27,28)25-12-3-4-13-25)23-22(26)16-24-11-5-7-18(24)20-8-6-14-30-20/h6,8-10,14-15,18H,2-5,7,11-13,16H2,1H3,(H,23,26)/t18-/m0/s1. The molecule has 168 valence electrons. The second-order valence-electron chi connectivity index (χ2n) is 7.90. The van der Waals surface area contributed by atoms with E-state index in [9.17, 15) is 13.2 Å². The van der Waals surface area contributed by atoms with Gasteiger partial charge in [0.25, 0.3) is 0 Å². The molecule has 2 saturated heterocycles. The average Bonchev–Trinajstić information content (AvgIpc) is 3.51. The van der Waals surface area contributed by atoms with Crippen molar-refractivity contribution in [3.8, 4) is 5.75 Å². The van der Waals surface area contributed by atoms with Gasteiger partial charge < -0.3 is 10.1 Å². The fourth-order valence-corrected chi connectivity index (χ4v) is 6.90. The number of anilines is 1. The Morgan fingerprint density at radius 3 is 2.71 bits per heavy atom. The van der Waals surface area contributed by atoms with Crippen LogP contribution in [0.25, 0.3) is 0 Å². The van der Waals surface area contributed by atoms with Crippen LogP contribution in [0.3, 0.4) is 0 Å². The first-order valence-corrected chi connectivity index (χ1v) is 13.2. The van der Waals surface area contributed by atoms with Gasteiger partial charge in [0, 0.05) is 29.7 Å². The molecule has 0 saturated carbocycles. The minimum atomic E-state index is -3.66. The molecule has 4 rings (SSSR count). The molecule has 1 atom stereocenters. The van der Waals surface area contributed by atoms with Crippen LogP contribution in [0.4, 0.5) is 5.69 Å². The molecule has 1 amide bonds. The van der Waals surface area contributed by atoms with E-state index in [4.69, 9.17) is 4.74 Å². The van der Waals surface area contributed by atoms with E-state index < -0.39 is 10.0 Å². The van der Waals surface area contributed by atoms with Gasteiger partial charge in [-0.25, -0.2) is 8.42 Å². The number of thiophene rings is 1. The van der Waals surface area contributed by atoms with Crippen molar-refractivity contribution in [1.82, 2.24) is 9.21 Å². The summed E-state index contributed by atoms with van der Waals surface area (Å²) in [6, 6.07) is 9.29. The maximum Gasteiger partial charge on any atom is 0.246 e. The maximum atomic E-state index is 13.1. The van der Waals surface area contributed by atoms with E-state index in [0.717, 1.165) is 32.2 Å². The van der Waals surface area contributed by atoms with Crippen molar-refractivity contribution in [2.45, 2.75) is 43.5 Å². The Hall–Kier alpha value is -1.94. The summed E-state index contributed by atoms with van der Waals surface area (Å²) in [5, 5.41) is 4.96. The highest BCUT2D eigenvalue weighted by Crippen LogP contribution is 2.35. The summed E-state index contributed by atoms with van der Waals surface area (Å²) in [5.41, 5.74) is 0.470. The topological polar surface area (TPSA) is 79.0 Å². The van der Waals surface area contributed by atoms with Crippen molar-refractivity contribution in [1.29, 1.82) is 0 Å². The minimum absolute atomic E-state index is 0.117. The highest BCUT2D eigenvalue weighted by Gasteiger charge is 2.31. The van der Waals surface area contributed by atoms with Crippen molar-refractivity contribution >= 4 is 33.0 Å². The van der Waals surface area contributed by atoms with Crippen molar-refractivity contribution in [2.24, 2.45) is 0 Å². The Balaban J connectivity index is 1.50. The van der Waals surface area contributed by atoms with Crippen LogP contribution in [0.1, 0.15) is 43.5 Å². The van der Waals surface area contributed by atoms with Gasteiger partial charge in [-0.05, 0) is 68.8 Å². The number of hydrogen-bond donors (Lipinski definition) is 1. The third-order valence-electron chi connectivity index (χ3n) is 5.79. The first kappa shape index (κ1) is 22.3. The highest BCUT2D eigenvalue weighted by molar-refractivity contribution is 7.89. The van der Waals surface area contributed by atoms with Gasteiger partial charge in [-0.1, -0.05) is 6.07 Å². The second kappa shape index (κ2) is 9.68. The molecule has 3 heterocycles. The van der Waals surface area contributed by atoms with Crippen LogP contribution in [-0.4, -0.2) is 56.3 Å². The summed E-state index contributed by atoms with van der Waals surface area (Å²) in [5.74, 6) is 0.182. The molecule has 2 fully saturated rings. The lowest BCUT2D eigenvalue weighted by Crippen LogP contribution is -2.32. The van der Waals surface area contributed by atoms with Gasteiger partial charge in [0.15, 0.2) is 0 Å². The number of amides is 1. The SMILES string of the molecule is CCOc1ccc(NC(=O)CN2CCC[C@H]2c2cccs2)cc1S(=O)(=O)N1CCCC1. The molecule has 2 aromatic rings. The fraction of sp³-hybridized carbons (Fsp3) is 0.500. The zero-order valence-corrected chi connectivity index (χ0v) is 19.4. The van der Waals surface area contributed by atoms with E-state index in [1.807, 2.05) is 13.0 Å². The molecule has 0 radical (unpaired) electrons. The molecule has 0 aliphatic carbocycles. The van der Waals surface area contributed by atoms with Gasteiger partial charge in [0.1, 0.15) is 10.6 Å². The summed E-state index contributed by atoms with van der Waals surface area (Å²) in [4.78, 5) is 16.4. The van der Waals surface area contributed by atoms with Gasteiger partial charge in [-0.15, -0.1) is 11.3 Å². The number of rotatable bonds is 8. The number of ether oxygens (including phenoxy) is 1. The quantitative estimate of drug-likeness (QED) is 0.646. The highest BCUT2D eigenvalue weighted by atomic mass is 32.2. The van der Waals surface area contributed by atoms with Crippen molar-refractivity contribution in [3.63, 3.8) is 0 Å². The number of carbonyl (C=O) groups is 1. The molecule has 1 aromatic carbocycles. The van der Waals surface area contributed by atoms with Crippen LogP contribution in [0.15, 0.2) is 40.6 Å². The molecule has 1 N–H and O–H groups in total. The van der Waals surface area contributed by atoms with Crippen molar-refractivity contribution in [2.75, 3.05) is 38.1 Å². The van der Waals surface area contributed by atoms with Gasteiger partial charge in [-0.3, -0.25) is 9.69 Å². The van der Waals surface area contributed by atoms with E-state index in [0.29, 0.717) is 31.1 Å². The molecule has 7 nitrogen and oxygen atoms in total. The smallest absolute Gasteiger partial charge is 0.246 e. The third kappa shape index (κ3) is 4.95. The molecule has 0 bridgehead atoms. The van der Waals surface area contributed by atoms with E-state index in [1.54, 1.807) is 23.5 Å². The Bertz CT molecular complexity index is 1000. The first-order valence-electron chi connectivity index (χ1n) is 10.8. The van der Waals surface area contributed by atoms with Crippen LogP contribution in [0.5, 0.6) is 5.75 Å². The minimum Gasteiger partial charge on any atom is -0.492 e. The molecular formula is C22H29N3O4S2. The number of likely N-dealkylation sites (tertiary alicyclic amines) is 1. The van der Waals surface area contributed by atoms with Gasteiger partial charge in [0.2, 0.25) is 15.9 Å². The summed E-state index contributed by atoms with van der Waals surface area (Å²) < 4.78 is 33.4. The van der Waals surface area contributed by atoms with Crippen LogP contribution >= 0.6 is 11.3 Å². The lowest BCUT2D eigenvalue weighted by atomic mass is 10.2. The van der Waals surface area contributed by atoms with Gasteiger partial charge in [-0.2, -0.15) is 4.31 Å². The Morgan fingerprint density at radius 2 is 2.00 bits per heavy atom. The summed E-state index contributed by atoms with van der Waals surface area (Å²) in [7, 11) is -3.66. The third-order valence-corrected chi connectivity index (χ3v) is 8.69. The van der Waals surface area contributed by atoms with Gasteiger partial charge in [0.05, 0.1) is 13.2 Å². The number of sulfonamides is 1. The first-order chi connectivity index (χ1) is 15.0. The normalized spacial score (nSPS) is 20.2. The zero-order chi connectivity index (χ0) is 21.8. The van der Waals surface area contributed by atoms with Gasteiger partial charge >= 0.3 is 0 Å². The second-order valence-corrected chi connectivity index (χ2v) is 10.8. The monoisotopic (exact) mass is 463 g/mol. The molecule has 1 aromatic heterocycles. The predicted molar refractivity (Wildman–Crippen MR) is 122 cm³/mol. The number of nitrogens with one attached hydrogen (secondary N) is 1. The van der Waals surface area contributed by atoms with E-state index in [1.165, 1.54) is 15.2 Å². The molecular weight excluding hydrogens is 434 g/mol. The maximum absolute atomic E-state index is 13.1. The van der Waals surface area contributed by atoms with Crippen molar-refractivity contribution < 1.29 is 17.9 Å². The summed E-state index contributed by atoms with van der Waals surface area (Å²) >= 11 is 1.72. The van der Waals surface area contributed by atoms with Crippen LogP contribution < -0.4 is 10.1 Å². The lowest BCUT2D eigenvalue weighted by Gasteiger charge is -2.23. The molecule has 0 unspecified atom stereocenters. The van der Waals surface area contributed by atoms with Crippen LogP contribution in [0, 0.1) is 0 Å². The van der Waals surface area contributed by atoms with Crippen LogP contribution in [0.2, 0.25) is 0 Å². The van der Waals surface area contributed by atoms with Crippen molar-refractivity contribution in [3.05, 3.63) is 40.6 Å². The Morgan fingerprint density at radius 1 is 1.19 bits per heavy atom. The molecule has 31 heavy (non-hydrogen) atoms. The summed E-state index contributed by atoms with van der Waals surface area (Å²) in [6.07, 6.45) is 3.84. The van der Waals surface area contributed by atoms with E-state index >= 15 is 0 Å². The molecule has 2 aliphatic rings. The Labute approximate surface area is 188 Å². The Kier molecular flexibility index (Phi) is 6.95. The number of carbonyl (C=O) groups excluding carboxylic acids is 1. The summed E-state index contributed by atoms with van der Waals surface area (Å²) in [6.45, 7) is 4.39. The molecule has 9 heteroatoms. The zero-order valence-electron chi connectivity index (χ0n) is 17.7. The average molecular weight is 464 g/mol.